The summed E-state index contributed by atoms with van der Waals surface area (Å²) in [4.78, 5) is 49.9. The number of rotatable bonds is 7. The molecule has 3 rings (SSSR count). The maximum Gasteiger partial charge on any atom is 0.326 e. The van der Waals surface area contributed by atoms with Gasteiger partial charge in [-0.05, 0) is 31.0 Å². The molecule has 1 heterocycles. The SMILES string of the molecule is CN(C)S(=O)(=O)c1cccc(NC(=O)COC(=O)CN2C(=O)[C@H]3CCCC[C@@H]3C2=O)c1. The number of nitrogens with zero attached hydrogens (tertiary/aromatic N) is 2. The third-order valence-electron chi connectivity index (χ3n) is 5.48. The number of hydrogen-bond donors (Lipinski definition) is 1. The lowest BCUT2D eigenvalue weighted by Crippen LogP contribution is -2.37. The van der Waals surface area contributed by atoms with Gasteiger partial charge in [0.25, 0.3) is 5.91 Å². The molecule has 1 aromatic rings. The monoisotopic (exact) mass is 451 g/mol. The maximum absolute atomic E-state index is 12.4. The third kappa shape index (κ3) is 4.93. The highest BCUT2D eigenvalue weighted by atomic mass is 32.2. The molecule has 1 N–H and O–H groups in total. The second-order valence-corrected chi connectivity index (χ2v) is 9.94. The molecule has 0 aromatic heterocycles. The lowest BCUT2D eigenvalue weighted by atomic mass is 9.81. The van der Waals surface area contributed by atoms with Crippen molar-refractivity contribution in [2.24, 2.45) is 11.8 Å². The molecular formula is C20H25N3O7S. The molecule has 1 saturated carbocycles. The van der Waals surface area contributed by atoms with Gasteiger partial charge in [0.1, 0.15) is 6.54 Å². The van der Waals surface area contributed by atoms with Crippen molar-refractivity contribution < 1.29 is 32.3 Å². The number of hydrogen-bond acceptors (Lipinski definition) is 7. The summed E-state index contributed by atoms with van der Waals surface area (Å²) in [6.45, 7) is -1.15. The van der Waals surface area contributed by atoms with Gasteiger partial charge in [-0.1, -0.05) is 18.9 Å². The molecule has 168 valence electrons. The number of likely N-dealkylation sites (tertiary alicyclic amines) is 1. The Labute approximate surface area is 180 Å². The van der Waals surface area contributed by atoms with Crippen LogP contribution in [-0.2, 0) is 33.9 Å². The standard InChI is InChI=1S/C20H25N3O7S/c1-22(2)31(28,29)14-7-5-6-13(10-14)21-17(24)12-30-18(25)11-23-19(26)15-8-3-4-9-16(15)20(23)27/h5-7,10,15-16H,3-4,8-9,11-12H2,1-2H3,(H,21,24)/t15-,16-/m0/s1. The number of imide groups is 1. The van der Waals surface area contributed by atoms with Crippen LogP contribution in [0.4, 0.5) is 5.69 Å². The van der Waals surface area contributed by atoms with Crippen molar-refractivity contribution in [2.45, 2.75) is 30.6 Å². The van der Waals surface area contributed by atoms with E-state index in [1.54, 1.807) is 0 Å². The van der Waals surface area contributed by atoms with Crippen LogP contribution >= 0.6 is 0 Å². The van der Waals surface area contributed by atoms with Crippen molar-refractivity contribution in [1.82, 2.24) is 9.21 Å². The number of amides is 3. The van der Waals surface area contributed by atoms with E-state index < -0.39 is 35.1 Å². The first-order valence-corrected chi connectivity index (χ1v) is 11.4. The van der Waals surface area contributed by atoms with Crippen molar-refractivity contribution >= 4 is 39.4 Å². The predicted molar refractivity (Wildman–Crippen MR) is 109 cm³/mol. The van der Waals surface area contributed by atoms with E-state index in [4.69, 9.17) is 4.74 Å². The van der Waals surface area contributed by atoms with E-state index in [2.05, 4.69) is 5.32 Å². The maximum atomic E-state index is 12.4. The molecular weight excluding hydrogens is 426 g/mol. The molecule has 10 nitrogen and oxygen atoms in total. The molecule has 0 spiro atoms. The number of benzene rings is 1. The van der Waals surface area contributed by atoms with Crippen molar-refractivity contribution in [3.63, 3.8) is 0 Å². The zero-order chi connectivity index (χ0) is 22.8. The van der Waals surface area contributed by atoms with Gasteiger partial charge in [0, 0.05) is 19.8 Å². The Morgan fingerprint density at radius 3 is 2.32 bits per heavy atom. The fourth-order valence-electron chi connectivity index (χ4n) is 3.85. The minimum Gasteiger partial charge on any atom is -0.454 e. The Bertz CT molecular complexity index is 982. The first kappa shape index (κ1) is 22.9. The highest BCUT2D eigenvalue weighted by Gasteiger charge is 2.48. The van der Waals surface area contributed by atoms with E-state index in [1.807, 2.05) is 0 Å². The van der Waals surface area contributed by atoms with Crippen molar-refractivity contribution in [2.75, 3.05) is 32.6 Å². The Morgan fingerprint density at radius 1 is 1.13 bits per heavy atom. The van der Waals surface area contributed by atoms with Crippen molar-refractivity contribution in [3.8, 4) is 0 Å². The van der Waals surface area contributed by atoms with E-state index in [-0.39, 0.29) is 34.2 Å². The largest absolute Gasteiger partial charge is 0.454 e. The molecule has 1 aliphatic heterocycles. The molecule has 1 aromatic carbocycles. The Balaban J connectivity index is 1.53. The molecule has 1 saturated heterocycles. The molecule has 11 heteroatoms. The first-order chi connectivity index (χ1) is 14.6. The van der Waals surface area contributed by atoms with Crippen LogP contribution in [0.5, 0.6) is 0 Å². The van der Waals surface area contributed by atoms with Gasteiger partial charge in [0.15, 0.2) is 6.61 Å². The van der Waals surface area contributed by atoms with Crippen LogP contribution in [0.3, 0.4) is 0 Å². The highest BCUT2D eigenvalue weighted by Crippen LogP contribution is 2.37. The van der Waals surface area contributed by atoms with Crippen molar-refractivity contribution in [3.05, 3.63) is 24.3 Å². The number of carbonyl (C=O) groups is 4. The summed E-state index contributed by atoms with van der Waals surface area (Å²) >= 11 is 0. The molecule has 3 amide bonds. The van der Waals surface area contributed by atoms with Crippen LogP contribution < -0.4 is 5.32 Å². The summed E-state index contributed by atoms with van der Waals surface area (Å²) in [6, 6.07) is 5.66. The van der Waals surface area contributed by atoms with Crippen LogP contribution in [0, 0.1) is 11.8 Å². The molecule has 2 fully saturated rings. The topological polar surface area (TPSA) is 130 Å². The first-order valence-electron chi connectivity index (χ1n) is 9.94. The van der Waals surface area contributed by atoms with Crippen molar-refractivity contribution in [1.29, 1.82) is 0 Å². The van der Waals surface area contributed by atoms with E-state index >= 15 is 0 Å². The zero-order valence-electron chi connectivity index (χ0n) is 17.4. The highest BCUT2D eigenvalue weighted by molar-refractivity contribution is 7.89. The fraction of sp³-hybridized carbons (Fsp3) is 0.500. The molecule has 31 heavy (non-hydrogen) atoms. The quantitative estimate of drug-likeness (QED) is 0.474. The predicted octanol–water partition coefficient (Wildman–Crippen LogP) is 0.594. The number of ether oxygens (including phenoxy) is 1. The van der Waals surface area contributed by atoms with E-state index in [1.165, 1.54) is 38.4 Å². The van der Waals surface area contributed by atoms with Crippen LogP contribution in [0.2, 0.25) is 0 Å². The smallest absolute Gasteiger partial charge is 0.326 e. The van der Waals surface area contributed by atoms with Gasteiger partial charge < -0.3 is 10.1 Å². The average Bonchev–Trinajstić information content (AvgIpc) is 2.97. The van der Waals surface area contributed by atoms with Gasteiger partial charge in [-0.15, -0.1) is 0 Å². The summed E-state index contributed by atoms with van der Waals surface area (Å²) in [5.41, 5.74) is 0.220. The number of anilines is 1. The summed E-state index contributed by atoms with van der Waals surface area (Å²) < 4.78 is 30.3. The second kappa shape index (κ2) is 9.15. The van der Waals surface area contributed by atoms with E-state index in [9.17, 15) is 27.6 Å². The van der Waals surface area contributed by atoms with Gasteiger partial charge in [-0.25, -0.2) is 12.7 Å². The van der Waals surface area contributed by atoms with Gasteiger partial charge in [-0.3, -0.25) is 24.1 Å². The minimum atomic E-state index is -3.67. The summed E-state index contributed by atoms with van der Waals surface area (Å²) in [5, 5.41) is 2.45. The number of fused-ring (bicyclic) bond motifs is 1. The Kier molecular flexibility index (Phi) is 6.75. The summed E-state index contributed by atoms with van der Waals surface area (Å²) in [7, 11) is -0.879. The zero-order valence-corrected chi connectivity index (χ0v) is 18.2. The normalized spacial score (nSPS) is 21.2. The molecule has 0 radical (unpaired) electrons. The second-order valence-electron chi connectivity index (χ2n) is 7.78. The van der Waals surface area contributed by atoms with Gasteiger partial charge >= 0.3 is 5.97 Å². The molecule has 0 unspecified atom stereocenters. The average molecular weight is 452 g/mol. The number of nitrogens with one attached hydrogen (secondary N) is 1. The van der Waals surface area contributed by atoms with Gasteiger partial charge in [0.05, 0.1) is 16.7 Å². The Hall–Kier alpha value is -2.79. The van der Waals surface area contributed by atoms with Crippen LogP contribution in [0.1, 0.15) is 25.7 Å². The van der Waals surface area contributed by atoms with E-state index in [0.717, 1.165) is 22.0 Å². The lowest BCUT2D eigenvalue weighted by molar-refractivity contribution is -0.154. The summed E-state index contributed by atoms with van der Waals surface area (Å²) in [5.74, 6) is -2.96. The number of carbonyl (C=O) groups excluding carboxylic acids is 4. The Morgan fingerprint density at radius 2 is 1.74 bits per heavy atom. The minimum absolute atomic E-state index is 0.000167. The number of esters is 1. The number of sulfonamides is 1. The van der Waals surface area contributed by atoms with Gasteiger partial charge in [-0.2, -0.15) is 0 Å². The fourth-order valence-corrected chi connectivity index (χ4v) is 4.80. The van der Waals surface area contributed by atoms with Gasteiger partial charge in [0.2, 0.25) is 21.8 Å². The van der Waals surface area contributed by atoms with Crippen LogP contribution in [0.15, 0.2) is 29.2 Å². The lowest BCUT2D eigenvalue weighted by Gasteiger charge is -2.19. The molecule has 0 bridgehead atoms. The summed E-state index contributed by atoms with van der Waals surface area (Å²) in [6.07, 6.45) is 3.06. The van der Waals surface area contributed by atoms with Crippen LogP contribution in [-0.4, -0.2) is 68.6 Å². The molecule has 1 aliphatic carbocycles. The molecule has 2 aliphatic rings. The van der Waals surface area contributed by atoms with E-state index in [0.29, 0.717) is 12.8 Å². The molecule has 2 atom stereocenters. The third-order valence-corrected chi connectivity index (χ3v) is 7.29. The van der Waals surface area contributed by atoms with Crippen LogP contribution in [0.25, 0.3) is 0 Å².